The number of hydrogen-bond acceptors (Lipinski definition) is 6. The molecule has 0 fully saturated rings. The molecule has 2 amide bonds. The van der Waals surface area contributed by atoms with Crippen LogP contribution >= 0.6 is 0 Å². The maximum Gasteiger partial charge on any atom is 0.242 e. The van der Waals surface area contributed by atoms with Gasteiger partial charge in [0.25, 0.3) is 0 Å². The minimum atomic E-state index is -3.60. The zero-order valence-corrected chi connectivity index (χ0v) is 21.4. The first-order valence-corrected chi connectivity index (χ1v) is 13.4. The average Bonchev–Trinajstić information content (AvgIpc) is 3.27. The van der Waals surface area contributed by atoms with E-state index in [1.807, 2.05) is 44.2 Å². The van der Waals surface area contributed by atoms with E-state index in [1.165, 1.54) is 4.31 Å². The third kappa shape index (κ3) is 7.11. The number of carbonyl (C=O) groups is 2. The van der Waals surface area contributed by atoms with Crippen molar-refractivity contribution >= 4 is 27.5 Å². The van der Waals surface area contributed by atoms with Crippen molar-refractivity contribution in [2.45, 2.75) is 52.2 Å². The van der Waals surface area contributed by atoms with Gasteiger partial charge in [0.05, 0.1) is 11.9 Å². The fourth-order valence-corrected chi connectivity index (χ4v) is 4.77. The number of ether oxygens (including phenoxy) is 2. The highest BCUT2D eigenvalue weighted by atomic mass is 32.2. The summed E-state index contributed by atoms with van der Waals surface area (Å²) in [7, 11) is -3.60. The van der Waals surface area contributed by atoms with E-state index < -0.39 is 16.1 Å². The Balaban J connectivity index is 1.71. The summed E-state index contributed by atoms with van der Waals surface area (Å²) < 4.78 is 36.9. The second-order valence-corrected chi connectivity index (χ2v) is 10.7. The molecule has 0 saturated heterocycles. The zero-order chi connectivity index (χ0) is 25.6. The first-order valence-electron chi connectivity index (χ1n) is 11.6. The number of fused-ring (bicyclic) bond motifs is 1. The maximum absolute atomic E-state index is 13.2. The Morgan fingerprint density at radius 2 is 1.71 bits per heavy atom. The highest BCUT2D eigenvalue weighted by Crippen LogP contribution is 2.36. The van der Waals surface area contributed by atoms with Gasteiger partial charge in [-0.1, -0.05) is 30.3 Å². The molecule has 0 aromatic heterocycles. The second kappa shape index (κ2) is 11.4. The van der Waals surface area contributed by atoms with Gasteiger partial charge in [0.1, 0.15) is 6.04 Å². The van der Waals surface area contributed by atoms with Crippen LogP contribution in [0.25, 0.3) is 0 Å². The monoisotopic (exact) mass is 503 g/mol. The summed E-state index contributed by atoms with van der Waals surface area (Å²) in [6.45, 7) is 5.91. The lowest BCUT2D eigenvalue weighted by atomic mass is 10.1. The van der Waals surface area contributed by atoms with Crippen LogP contribution in [0.2, 0.25) is 0 Å². The molecule has 190 valence electrons. The van der Waals surface area contributed by atoms with E-state index in [2.05, 4.69) is 5.32 Å². The molecule has 1 aliphatic rings. The molecule has 0 unspecified atom stereocenters. The van der Waals surface area contributed by atoms with Crippen LogP contribution in [-0.4, -0.2) is 56.8 Å². The maximum atomic E-state index is 13.2. The van der Waals surface area contributed by atoms with Crippen LogP contribution in [0.15, 0.2) is 48.5 Å². The molecule has 10 heteroatoms. The minimum absolute atomic E-state index is 0.0522. The predicted molar refractivity (Wildman–Crippen MR) is 134 cm³/mol. The number of nitrogens with one attached hydrogen (secondary N) is 1. The third-order valence-electron chi connectivity index (χ3n) is 5.59. The topological polar surface area (TPSA) is 105 Å². The van der Waals surface area contributed by atoms with Crippen molar-refractivity contribution < 1.29 is 27.5 Å². The lowest BCUT2D eigenvalue weighted by Crippen LogP contribution is -2.49. The van der Waals surface area contributed by atoms with Crippen LogP contribution in [-0.2, 0) is 26.2 Å². The van der Waals surface area contributed by atoms with Gasteiger partial charge in [-0.3, -0.25) is 13.9 Å². The second-order valence-electron chi connectivity index (χ2n) is 8.82. The number of sulfonamides is 1. The summed E-state index contributed by atoms with van der Waals surface area (Å²) in [5.74, 6) is 0.579. The van der Waals surface area contributed by atoms with Crippen LogP contribution < -0.4 is 19.1 Å². The van der Waals surface area contributed by atoms with Crippen LogP contribution in [0, 0.1) is 0 Å². The van der Waals surface area contributed by atoms with Crippen LogP contribution in [0.5, 0.6) is 11.5 Å². The van der Waals surface area contributed by atoms with Gasteiger partial charge < -0.3 is 19.7 Å². The molecule has 0 spiro atoms. The van der Waals surface area contributed by atoms with E-state index in [4.69, 9.17) is 9.47 Å². The van der Waals surface area contributed by atoms with E-state index in [9.17, 15) is 18.0 Å². The number of amides is 2. The van der Waals surface area contributed by atoms with Gasteiger partial charge in [-0.05, 0) is 44.9 Å². The number of nitrogens with zero attached hydrogens (tertiary/aromatic N) is 2. The number of benzene rings is 2. The van der Waals surface area contributed by atoms with Gasteiger partial charge in [-0.25, -0.2) is 8.42 Å². The van der Waals surface area contributed by atoms with E-state index in [-0.39, 0.29) is 50.6 Å². The molecular formula is C25H33N3O6S. The van der Waals surface area contributed by atoms with Gasteiger partial charge >= 0.3 is 0 Å². The molecule has 1 N–H and O–H groups in total. The summed E-state index contributed by atoms with van der Waals surface area (Å²) >= 11 is 0. The van der Waals surface area contributed by atoms with Crippen LogP contribution in [0.1, 0.15) is 39.2 Å². The minimum Gasteiger partial charge on any atom is -0.454 e. The molecule has 0 radical (unpaired) electrons. The molecule has 1 aliphatic heterocycles. The highest BCUT2D eigenvalue weighted by molar-refractivity contribution is 7.92. The molecular weight excluding hydrogens is 470 g/mol. The Morgan fingerprint density at radius 1 is 1.03 bits per heavy atom. The van der Waals surface area contributed by atoms with Crippen molar-refractivity contribution in [2.75, 3.05) is 23.9 Å². The molecule has 9 nitrogen and oxygen atoms in total. The van der Waals surface area contributed by atoms with Crippen molar-refractivity contribution in [3.8, 4) is 11.5 Å². The first kappa shape index (κ1) is 26.3. The van der Waals surface area contributed by atoms with Crippen molar-refractivity contribution in [1.82, 2.24) is 10.2 Å². The Kier molecular flexibility index (Phi) is 8.61. The van der Waals surface area contributed by atoms with E-state index in [0.29, 0.717) is 17.2 Å². The zero-order valence-electron chi connectivity index (χ0n) is 20.6. The molecule has 3 rings (SSSR count). The molecule has 0 bridgehead atoms. The molecule has 1 atom stereocenters. The van der Waals surface area contributed by atoms with E-state index in [1.54, 1.807) is 30.0 Å². The molecule has 1 heterocycles. The Hall–Kier alpha value is -3.27. The van der Waals surface area contributed by atoms with Gasteiger partial charge in [0, 0.05) is 31.6 Å². The van der Waals surface area contributed by atoms with Gasteiger partial charge in [-0.2, -0.15) is 0 Å². The number of hydrogen-bond donors (Lipinski definition) is 1. The molecule has 0 aliphatic carbocycles. The fourth-order valence-electron chi connectivity index (χ4n) is 3.81. The standard InChI is InChI=1S/C25H33N3O6S/c1-18(2)26-25(30)19(3)27(16-20-9-6-5-7-10-20)24(29)11-8-14-28(35(4,31)32)21-12-13-22-23(15-21)34-17-33-22/h5-7,9-10,12-13,15,18-19H,8,11,14,16-17H2,1-4H3,(H,26,30)/t19-/m1/s1. The Bertz CT molecular complexity index is 1140. The van der Waals surface area contributed by atoms with Crippen molar-refractivity contribution in [3.05, 3.63) is 54.1 Å². The first-order chi connectivity index (χ1) is 16.6. The number of rotatable bonds is 11. The lowest BCUT2D eigenvalue weighted by Gasteiger charge is -2.30. The Labute approximate surface area is 207 Å². The predicted octanol–water partition coefficient (Wildman–Crippen LogP) is 2.90. The van der Waals surface area contributed by atoms with Gasteiger partial charge in [0.2, 0.25) is 28.6 Å². The van der Waals surface area contributed by atoms with Gasteiger partial charge in [0.15, 0.2) is 11.5 Å². The van der Waals surface area contributed by atoms with E-state index >= 15 is 0 Å². The van der Waals surface area contributed by atoms with Gasteiger partial charge in [-0.15, -0.1) is 0 Å². The fraction of sp³-hybridized carbons (Fsp3) is 0.440. The third-order valence-corrected chi connectivity index (χ3v) is 6.78. The molecule has 0 saturated carbocycles. The quantitative estimate of drug-likeness (QED) is 0.506. The molecule has 2 aromatic rings. The summed E-state index contributed by atoms with van der Waals surface area (Å²) in [6, 6.07) is 13.7. The smallest absolute Gasteiger partial charge is 0.242 e. The SMILES string of the molecule is CC(C)NC(=O)[C@@H](C)N(Cc1ccccc1)C(=O)CCCN(c1ccc2c(c1)OCO2)S(C)(=O)=O. The number of carbonyl (C=O) groups excluding carboxylic acids is 2. The molecule has 35 heavy (non-hydrogen) atoms. The normalized spacial score (nSPS) is 13.4. The van der Waals surface area contributed by atoms with Crippen LogP contribution in [0.3, 0.4) is 0 Å². The number of anilines is 1. The Morgan fingerprint density at radius 3 is 2.37 bits per heavy atom. The largest absolute Gasteiger partial charge is 0.454 e. The molecule has 2 aromatic carbocycles. The van der Waals surface area contributed by atoms with E-state index in [0.717, 1.165) is 11.8 Å². The summed E-state index contributed by atoms with van der Waals surface area (Å²) in [5, 5.41) is 2.86. The summed E-state index contributed by atoms with van der Waals surface area (Å²) in [5.41, 5.74) is 1.35. The van der Waals surface area contributed by atoms with Crippen molar-refractivity contribution in [2.24, 2.45) is 0 Å². The summed E-state index contributed by atoms with van der Waals surface area (Å²) in [4.78, 5) is 27.4. The van der Waals surface area contributed by atoms with Crippen molar-refractivity contribution in [3.63, 3.8) is 0 Å². The summed E-state index contributed by atoms with van der Waals surface area (Å²) in [6.07, 6.45) is 1.49. The van der Waals surface area contributed by atoms with Crippen molar-refractivity contribution in [1.29, 1.82) is 0 Å². The highest BCUT2D eigenvalue weighted by Gasteiger charge is 2.27. The average molecular weight is 504 g/mol. The lowest BCUT2D eigenvalue weighted by molar-refractivity contribution is -0.140. The van der Waals surface area contributed by atoms with Crippen LogP contribution in [0.4, 0.5) is 5.69 Å².